The number of piperazine rings is 1. The molecule has 1 aromatic rings. The second-order valence-electron chi connectivity index (χ2n) is 4.46. The standard InChI is InChI=1S/C14H20N2O2/c1-3-12-4-6-13(7-5-12)15-8-10-16(11-9-15)14(17)18-2/h4-7H,3,8-11H2,1-2H3. The van der Waals surface area contributed by atoms with Crippen molar-refractivity contribution in [1.82, 2.24) is 4.90 Å². The van der Waals surface area contributed by atoms with E-state index >= 15 is 0 Å². The third kappa shape index (κ3) is 2.75. The summed E-state index contributed by atoms with van der Waals surface area (Å²) in [7, 11) is 1.43. The van der Waals surface area contributed by atoms with Crippen LogP contribution < -0.4 is 4.90 Å². The number of amides is 1. The molecule has 1 aliphatic rings. The molecule has 98 valence electrons. The largest absolute Gasteiger partial charge is 0.453 e. The van der Waals surface area contributed by atoms with Gasteiger partial charge in [0.2, 0.25) is 0 Å². The highest BCUT2D eigenvalue weighted by molar-refractivity contribution is 5.68. The molecule has 0 saturated carbocycles. The highest BCUT2D eigenvalue weighted by atomic mass is 16.5. The smallest absolute Gasteiger partial charge is 0.409 e. The average molecular weight is 248 g/mol. The molecule has 4 nitrogen and oxygen atoms in total. The minimum absolute atomic E-state index is 0.226. The molecule has 1 heterocycles. The lowest BCUT2D eigenvalue weighted by Gasteiger charge is -2.35. The van der Waals surface area contributed by atoms with Crippen LogP contribution in [-0.2, 0) is 11.2 Å². The third-order valence-electron chi connectivity index (χ3n) is 3.42. The second kappa shape index (κ2) is 5.76. The molecule has 0 spiro atoms. The van der Waals surface area contributed by atoms with E-state index in [4.69, 9.17) is 4.74 Å². The number of anilines is 1. The first kappa shape index (κ1) is 12.7. The van der Waals surface area contributed by atoms with Crippen LogP contribution in [0.15, 0.2) is 24.3 Å². The van der Waals surface area contributed by atoms with E-state index in [1.54, 1.807) is 4.90 Å². The Morgan fingerprint density at radius 2 is 1.78 bits per heavy atom. The van der Waals surface area contributed by atoms with E-state index in [0.29, 0.717) is 0 Å². The zero-order valence-electron chi connectivity index (χ0n) is 11.1. The van der Waals surface area contributed by atoms with Crippen LogP contribution in [0.25, 0.3) is 0 Å². The SMILES string of the molecule is CCc1ccc(N2CCN(C(=O)OC)CC2)cc1. The first-order valence-corrected chi connectivity index (χ1v) is 6.41. The van der Waals surface area contributed by atoms with E-state index in [1.807, 2.05) is 0 Å². The maximum absolute atomic E-state index is 11.4. The molecule has 0 unspecified atom stereocenters. The summed E-state index contributed by atoms with van der Waals surface area (Å²) in [6.07, 6.45) is 0.840. The third-order valence-corrected chi connectivity index (χ3v) is 3.42. The summed E-state index contributed by atoms with van der Waals surface area (Å²) in [6, 6.07) is 8.66. The molecule has 0 atom stereocenters. The zero-order chi connectivity index (χ0) is 13.0. The molecule has 0 N–H and O–H groups in total. The van der Waals surface area contributed by atoms with Gasteiger partial charge in [0, 0.05) is 31.9 Å². The first-order chi connectivity index (χ1) is 8.74. The molecule has 0 aromatic heterocycles. The number of aryl methyl sites for hydroxylation is 1. The van der Waals surface area contributed by atoms with Crippen molar-refractivity contribution in [3.05, 3.63) is 29.8 Å². The lowest BCUT2D eigenvalue weighted by molar-refractivity contribution is 0.121. The van der Waals surface area contributed by atoms with Crippen molar-refractivity contribution >= 4 is 11.8 Å². The molecular formula is C14H20N2O2. The van der Waals surface area contributed by atoms with Gasteiger partial charge >= 0.3 is 6.09 Å². The molecule has 4 heteroatoms. The minimum Gasteiger partial charge on any atom is -0.453 e. The van der Waals surface area contributed by atoms with Gasteiger partial charge in [-0.3, -0.25) is 0 Å². The van der Waals surface area contributed by atoms with Gasteiger partial charge in [-0.2, -0.15) is 0 Å². The predicted octanol–water partition coefficient (Wildman–Crippen LogP) is 2.14. The Hall–Kier alpha value is -1.71. The van der Waals surface area contributed by atoms with Crippen LogP contribution in [0, 0.1) is 0 Å². The van der Waals surface area contributed by atoms with Gasteiger partial charge in [-0.15, -0.1) is 0 Å². The van der Waals surface area contributed by atoms with Crippen molar-refractivity contribution in [2.24, 2.45) is 0 Å². The Bertz CT molecular complexity index is 395. The summed E-state index contributed by atoms with van der Waals surface area (Å²) >= 11 is 0. The summed E-state index contributed by atoms with van der Waals surface area (Å²) in [6.45, 7) is 5.33. The van der Waals surface area contributed by atoms with Crippen LogP contribution in [0.1, 0.15) is 12.5 Å². The van der Waals surface area contributed by atoms with Crippen LogP contribution >= 0.6 is 0 Å². The maximum Gasteiger partial charge on any atom is 0.409 e. The van der Waals surface area contributed by atoms with Gasteiger partial charge in [-0.05, 0) is 24.1 Å². The molecule has 18 heavy (non-hydrogen) atoms. The number of hydrogen-bond donors (Lipinski definition) is 0. The Morgan fingerprint density at radius 3 is 2.28 bits per heavy atom. The van der Waals surface area contributed by atoms with Gasteiger partial charge in [0.15, 0.2) is 0 Å². The maximum atomic E-state index is 11.4. The van der Waals surface area contributed by atoms with Crippen LogP contribution in [0.4, 0.5) is 10.5 Å². The van der Waals surface area contributed by atoms with Crippen LogP contribution in [-0.4, -0.2) is 44.3 Å². The Kier molecular flexibility index (Phi) is 4.07. The lowest BCUT2D eigenvalue weighted by Crippen LogP contribution is -2.48. The van der Waals surface area contributed by atoms with Gasteiger partial charge < -0.3 is 14.5 Å². The van der Waals surface area contributed by atoms with Gasteiger partial charge in [0.05, 0.1) is 7.11 Å². The molecular weight excluding hydrogens is 228 g/mol. The number of rotatable bonds is 2. The Labute approximate surface area is 108 Å². The topological polar surface area (TPSA) is 32.8 Å². The highest BCUT2D eigenvalue weighted by Gasteiger charge is 2.21. The Balaban J connectivity index is 1.94. The monoisotopic (exact) mass is 248 g/mol. The number of nitrogens with zero attached hydrogens (tertiary/aromatic N) is 2. The number of carbonyl (C=O) groups excluding carboxylic acids is 1. The molecule has 1 saturated heterocycles. The van der Waals surface area contributed by atoms with E-state index < -0.39 is 0 Å². The molecule has 2 rings (SSSR count). The highest BCUT2D eigenvalue weighted by Crippen LogP contribution is 2.17. The Morgan fingerprint density at radius 1 is 1.17 bits per heavy atom. The van der Waals surface area contributed by atoms with E-state index in [-0.39, 0.29) is 6.09 Å². The van der Waals surface area contributed by atoms with Crippen molar-refractivity contribution in [3.63, 3.8) is 0 Å². The predicted molar refractivity (Wildman–Crippen MR) is 72.0 cm³/mol. The van der Waals surface area contributed by atoms with Crippen molar-refractivity contribution in [2.75, 3.05) is 38.2 Å². The van der Waals surface area contributed by atoms with Crippen molar-refractivity contribution in [3.8, 4) is 0 Å². The van der Waals surface area contributed by atoms with Crippen molar-refractivity contribution < 1.29 is 9.53 Å². The van der Waals surface area contributed by atoms with Crippen LogP contribution in [0.3, 0.4) is 0 Å². The zero-order valence-corrected chi connectivity index (χ0v) is 11.1. The number of benzene rings is 1. The summed E-state index contributed by atoms with van der Waals surface area (Å²) in [5.41, 5.74) is 2.59. The molecule has 1 aliphatic heterocycles. The fourth-order valence-electron chi connectivity index (χ4n) is 2.22. The van der Waals surface area contributed by atoms with Gasteiger partial charge in [-0.1, -0.05) is 19.1 Å². The van der Waals surface area contributed by atoms with E-state index in [1.165, 1.54) is 18.4 Å². The summed E-state index contributed by atoms with van der Waals surface area (Å²) in [4.78, 5) is 15.4. The van der Waals surface area contributed by atoms with Gasteiger partial charge in [-0.25, -0.2) is 4.79 Å². The minimum atomic E-state index is -0.226. The molecule has 1 aromatic carbocycles. The molecule has 0 radical (unpaired) electrons. The van der Waals surface area contributed by atoms with E-state index in [2.05, 4.69) is 36.1 Å². The number of methoxy groups -OCH3 is 1. The average Bonchev–Trinajstić information content (AvgIpc) is 2.47. The van der Waals surface area contributed by atoms with Crippen molar-refractivity contribution in [1.29, 1.82) is 0 Å². The van der Waals surface area contributed by atoms with Gasteiger partial charge in [0.25, 0.3) is 0 Å². The normalized spacial score (nSPS) is 15.7. The van der Waals surface area contributed by atoms with Crippen LogP contribution in [0.5, 0.6) is 0 Å². The fourth-order valence-corrected chi connectivity index (χ4v) is 2.22. The molecule has 1 amide bonds. The van der Waals surface area contributed by atoms with Crippen molar-refractivity contribution in [2.45, 2.75) is 13.3 Å². The fraction of sp³-hybridized carbons (Fsp3) is 0.500. The summed E-state index contributed by atoms with van der Waals surface area (Å²) < 4.78 is 4.73. The molecule has 0 aliphatic carbocycles. The molecule has 0 bridgehead atoms. The lowest BCUT2D eigenvalue weighted by atomic mass is 10.1. The number of carbonyl (C=O) groups is 1. The quantitative estimate of drug-likeness (QED) is 0.804. The van der Waals surface area contributed by atoms with Crippen LogP contribution in [0.2, 0.25) is 0 Å². The first-order valence-electron chi connectivity index (χ1n) is 6.41. The number of hydrogen-bond acceptors (Lipinski definition) is 3. The molecule has 1 fully saturated rings. The van der Waals surface area contributed by atoms with Gasteiger partial charge in [0.1, 0.15) is 0 Å². The summed E-state index contributed by atoms with van der Waals surface area (Å²) in [5, 5.41) is 0. The number of ether oxygens (including phenoxy) is 1. The summed E-state index contributed by atoms with van der Waals surface area (Å²) in [5.74, 6) is 0. The van der Waals surface area contributed by atoms with E-state index in [9.17, 15) is 4.79 Å². The second-order valence-corrected chi connectivity index (χ2v) is 4.46. The van der Waals surface area contributed by atoms with E-state index in [0.717, 1.165) is 32.6 Å².